The number of alkyl halides is 3. The van der Waals surface area contributed by atoms with Crippen LogP contribution in [0.1, 0.15) is 26.7 Å². The van der Waals surface area contributed by atoms with Crippen LogP contribution in [0.5, 0.6) is 0 Å². The van der Waals surface area contributed by atoms with Crippen LogP contribution in [-0.2, 0) is 4.74 Å². The molecule has 6 heteroatoms. The Kier molecular flexibility index (Phi) is 5.43. The van der Waals surface area contributed by atoms with Crippen LogP contribution in [0.25, 0.3) is 0 Å². The minimum atomic E-state index is -4.14. The van der Waals surface area contributed by atoms with Crippen molar-refractivity contribution in [2.24, 2.45) is 0 Å². The minimum absolute atomic E-state index is 0.0853. The van der Waals surface area contributed by atoms with Gasteiger partial charge in [0.05, 0.1) is 12.1 Å². The molecule has 0 amide bonds. The van der Waals surface area contributed by atoms with Crippen LogP contribution in [0.2, 0.25) is 0 Å². The van der Waals surface area contributed by atoms with E-state index in [1.165, 1.54) is 0 Å². The number of ether oxygens (including phenoxy) is 1. The van der Waals surface area contributed by atoms with Crippen LogP contribution in [0.4, 0.5) is 13.2 Å². The molecule has 1 rings (SSSR count). The van der Waals surface area contributed by atoms with E-state index in [0.717, 1.165) is 25.9 Å². The van der Waals surface area contributed by atoms with Gasteiger partial charge in [-0.1, -0.05) is 0 Å². The molecule has 0 aliphatic carbocycles. The van der Waals surface area contributed by atoms with Crippen molar-refractivity contribution in [1.29, 1.82) is 0 Å². The maximum absolute atomic E-state index is 12.0. The average molecular weight is 268 g/mol. The van der Waals surface area contributed by atoms with E-state index in [0.29, 0.717) is 6.54 Å². The lowest BCUT2D eigenvalue weighted by molar-refractivity contribution is -0.125. The number of nitrogens with zero attached hydrogens (tertiary/aromatic N) is 1. The number of halogens is 3. The van der Waals surface area contributed by atoms with Gasteiger partial charge in [-0.05, 0) is 33.2 Å². The van der Waals surface area contributed by atoms with Crippen molar-refractivity contribution in [2.45, 2.75) is 44.5 Å². The van der Waals surface area contributed by atoms with E-state index in [9.17, 15) is 13.2 Å². The molecule has 1 N–H and O–H groups in total. The van der Waals surface area contributed by atoms with Crippen LogP contribution >= 0.6 is 0 Å². The van der Waals surface area contributed by atoms with E-state index in [2.05, 4.69) is 17.1 Å². The second-order valence-electron chi connectivity index (χ2n) is 5.32. The van der Waals surface area contributed by atoms with Crippen molar-refractivity contribution in [2.75, 3.05) is 33.3 Å². The smallest absolute Gasteiger partial charge is 0.377 e. The van der Waals surface area contributed by atoms with Gasteiger partial charge in [-0.3, -0.25) is 4.90 Å². The Bertz CT molecular complexity index is 260. The maximum Gasteiger partial charge on any atom is 0.401 e. The molecule has 18 heavy (non-hydrogen) atoms. The van der Waals surface area contributed by atoms with Crippen molar-refractivity contribution >= 4 is 0 Å². The second-order valence-corrected chi connectivity index (χ2v) is 5.32. The molecule has 108 valence electrons. The van der Waals surface area contributed by atoms with Gasteiger partial charge in [-0.15, -0.1) is 0 Å². The monoisotopic (exact) mass is 268 g/mol. The third-order valence-electron chi connectivity index (χ3n) is 3.57. The molecule has 0 spiro atoms. The molecule has 2 unspecified atom stereocenters. The fourth-order valence-electron chi connectivity index (χ4n) is 2.34. The number of likely N-dealkylation sites (tertiary alicyclic amines) is 1. The molecular formula is C12H23F3N2O. The topological polar surface area (TPSA) is 24.5 Å². The average Bonchev–Trinajstić information content (AvgIpc) is 2.27. The summed E-state index contributed by atoms with van der Waals surface area (Å²) in [6, 6.07) is 0.0853. The van der Waals surface area contributed by atoms with Gasteiger partial charge >= 0.3 is 6.18 Å². The van der Waals surface area contributed by atoms with Gasteiger partial charge in [0.25, 0.3) is 0 Å². The number of hydrogen-bond acceptors (Lipinski definition) is 3. The zero-order valence-electron chi connectivity index (χ0n) is 11.3. The first-order valence-corrected chi connectivity index (χ1v) is 6.32. The molecule has 1 aliphatic heterocycles. The van der Waals surface area contributed by atoms with Gasteiger partial charge in [-0.25, -0.2) is 0 Å². The summed E-state index contributed by atoms with van der Waals surface area (Å²) in [5.41, 5.74) is -0.170. The van der Waals surface area contributed by atoms with Crippen LogP contribution in [0, 0.1) is 0 Å². The van der Waals surface area contributed by atoms with Crippen molar-refractivity contribution in [3.05, 3.63) is 0 Å². The highest BCUT2D eigenvalue weighted by atomic mass is 19.4. The lowest BCUT2D eigenvalue weighted by atomic mass is 9.94. The van der Waals surface area contributed by atoms with Crippen LogP contribution in [-0.4, -0.2) is 56.0 Å². The van der Waals surface area contributed by atoms with Gasteiger partial charge in [0, 0.05) is 26.2 Å². The van der Waals surface area contributed by atoms with Crippen molar-refractivity contribution in [1.82, 2.24) is 10.2 Å². The Balaban J connectivity index is 2.35. The van der Waals surface area contributed by atoms with Crippen LogP contribution < -0.4 is 5.32 Å². The zero-order valence-corrected chi connectivity index (χ0v) is 11.3. The standard InChI is InChI=1S/C12H23F3N2O/c1-10(7-16-8-12(13,14)15)17-6-4-5-11(2,9-17)18-3/h10,16H,4-9H2,1-3H3. The predicted molar refractivity (Wildman–Crippen MR) is 64.6 cm³/mol. The summed E-state index contributed by atoms with van der Waals surface area (Å²) in [4.78, 5) is 2.19. The first-order valence-electron chi connectivity index (χ1n) is 6.32. The Labute approximate surface area is 107 Å². The maximum atomic E-state index is 12.0. The third kappa shape index (κ3) is 5.12. The van der Waals surface area contributed by atoms with Crippen molar-refractivity contribution in [3.63, 3.8) is 0 Å². The number of methoxy groups -OCH3 is 1. The lowest BCUT2D eigenvalue weighted by Crippen LogP contribution is -2.53. The summed E-state index contributed by atoms with van der Waals surface area (Å²) in [6.07, 6.45) is -2.11. The fourth-order valence-corrected chi connectivity index (χ4v) is 2.34. The molecule has 0 aromatic carbocycles. The minimum Gasteiger partial charge on any atom is -0.377 e. The molecule has 0 aromatic rings. The van der Waals surface area contributed by atoms with Gasteiger partial charge in [0.1, 0.15) is 0 Å². The summed E-state index contributed by atoms with van der Waals surface area (Å²) in [5.74, 6) is 0. The highest BCUT2D eigenvalue weighted by Crippen LogP contribution is 2.25. The molecule has 0 saturated carbocycles. The summed E-state index contributed by atoms with van der Waals surface area (Å²) in [7, 11) is 1.69. The number of rotatable bonds is 5. The highest BCUT2D eigenvalue weighted by molar-refractivity contribution is 4.87. The van der Waals surface area contributed by atoms with Gasteiger partial charge in [0.2, 0.25) is 0 Å². The highest BCUT2D eigenvalue weighted by Gasteiger charge is 2.33. The number of nitrogens with one attached hydrogen (secondary N) is 1. The molecule has 0 radical (unpaired) electrons. The van der Waals surface area contributed by atoms with E-state index >= 15 is 0 Å². The Morgan fingerprint density at radius 3 is 2.67 bits per heavy atom. The fraction of sp³-hybridized carbons (Fsp3) is 1.00. The Morgan fingerprint density at radius 1 is 1.44 bits per heavy atom. The van der Waals surface area contributed by atoms with Crippen molar-refractivity contribution < 1.29 is 17.9 Å². The molecule has 3 nitrogen and oxygen atoms in total. The third-order valence-corrected chi connectivity index (χ3v) is 3.57. The molecule has 0 aromatic heterocycles. The lowest BCUT2D eigenvalue weighted by Gasteiger charge is -2.42. The molecule has 1 saturated heterocycles. The molecule has 1 aliphatic rings. The summed E-state index contributed by atoms with van der Waals surface area (Å²) >= 11 is 0. The van der Waals surface area contributed by atoms with E-state index in [-0.39, 0.29) is 11.6 Å². The van der Waals surface area contributed by atoms with Crippen LogP contribution in [0.15, 0.2) is 0 Å². The molecule has 2 atom stereocenters. The SMILES string of the molecule is COC1(C)CCCN(C(C)CNCC(F)(F)F)C1. The second kappa shape index (κ2) is 6.21. The van der Waals surface area contributed by atoms with E-state index in [4.69, 9.17) is 4.74 Å². The molecule has 1 fully saturated rings. The van der Waals surface area contributed by atoms with Crippen molar-refractivity contribution in [3.8, 4) is 0 Å². The van der Waals surface area contributed by atoms with Gasteiger partial charge in [0.15, 0.2) is 0 Å². The Morgan fingerprint density at radius 2 is 2.11 bits per heavy atom. The molecular weight excluding hydrogens is 245 g/mol. The summed E-state index contributed by atoms with van der Waals surface area (Å²) in [6.45, 7) is 5.12. The first-order chi connectivity index (χ1) is 8.26. The number of hydrogen-bond donors (Lipinski definition) is 1. The largest absolute Gasteiger partial charge is 0.401 e. The summed E-state index contributed by atoms with van der Waals surface area (Å²) < 4.78 is 41.6. The van der Waals surface area contributed by atoms with Crippen LogP contribution in [0.3, 0.4) is 0 Å². The zero-order chi connectivity index (χ0) is 13.8. The first kappa shape index (κ1) is 15.7. The normalized spacial score (nSPS) is 28.3. The van der Waals surface area contributed by atoms with E-state index < -0.39 is 12.7 Å². The van der Waals surface area contributed by atoms with E-state index in [1.54, 1.807) is 7.11 Å². The quantitative estimate of drug-likeness (QED) is 0.825. The molecule has 1 heterocycles. The van der Waals surface area contributed by atoms with E-state index in [1.807, 2.05) is 6.92 Å². The molecule has 0 bridgehead atoms. The van der Waals surface area contributed by atoms with Gasteiger partial charge < -0.3 is 10.1 Å². The predicted octanol–water partition coefficient (Wildman–Crippen LogP) is 2.03. The number of piperidine rings is 1. The summed E-state index contributed by atoms with van der Waals surface area (Å²) in [5, 5.41) is 2.46. The van der Waals surface area contributed by atoms with Gasteiger partial charge in [-0.2, -0.15) is 13.2 Å². The Hall–Kier alpha value is -0.330.